The number of rotatable bonds is 3. The highest BCUT2D eigenvalue weighted by Gasteiger charge is 2.38. The highest BCUT2D eigenvalue weighted by molar-refractivity contribution is 9.10. The molecule has 1 amide bonds. The standard InChI is InChI=1S/C13H18BrN3O/c1-13(12(16)18)5-6-17(8-13)7-9-3-2-4-10(15)11(9)14/h2-4H,5-8,15H2,1H3,(H2,16,18). The normalized spacial score (nSPS) is 24.3. The number of anilines is 1. The zero-order valence-corrected chi connectivity index (χ0v) is 12.0. The van der Waals surface area contributed by atoms with Gasteiger partial charge in [-0.1, -0.05) is 12.1 Å². The van der Waals surface area contributed by atoms with E-state index in [0.29, 0.717) is 6.54 Å². The summed E-state index contributed by atoms with van der Waals surface area (Å²) in [6.45, 7) is 4.32. The average molecular weight is 312 g/mol. The van der Waals surface area contributed by atoms with Crippen LogP contribution in [0, 0.1) is 5.41 Å². The van der Waals surface area contributed by atoms with Crippen LogP contribution in [-0.4, -0.2) is 23.9 Å². The molecule has 0 spiro atoms. The third kappa shape index (κ3) is 2.52. The van der Waals surface area contributed by atoms with Gasteiger partial charge in [-0.15, -0.1) is 0 Å². The van der Waals surface area contributed by atoms with E-state index < -0.39 is 5.41 Å². The van der Waals surface area contributed by atoms with Crippen molar-refractivity contribution in [3.63, 3.8) is 0 Å². The predicted molar refractivity (Wildman–Crippen MR) is 75.7 cm³/mol. The second-order valence-electron chi connectivity index (χ2n) is 5.21. The molecule has 1 saturated heterocycles. The first-order valence-electron chi connectivity index (χ1n) is 5.97. The van der Waals surface area contributed by atoms with Gasteiger partial charge in [-0.2, -0.15) is 0 Å². The van der Waals surface area contributed by atoms with Gasteiger partial charge in [0.15, 0.2) is 0 Å². The number of halogens is 1. The molecule has 0 saturated carbocycles. The Labute approximate surface area is 115 Å². The fourth-order valence-electron chi connectivity index (χ4n) is 2.36. The van der Waals surface area contributed by atoms with E-state index in [9.17, 15) is 4.79 Å². The molecular weight excluding hydrogens is 294 g/mol. The Balaban J connectivity index is 2.08. The summed E-state index contributed by atoms with van der Waals surface area (Å²) in [6.07, 6.45) is 0.822. The van der Waals surface area contributed by atoms with Crippen LogP contribution in [-0.2, 0) is 11.3 Å². The molecule has 1 aliphatic heterocycles. The molecule has 4 nitrogen and oxygen atoms in total. The molecule has 4 N–H and O–H groups in total. The largest absolute Gasteiger partial charge is 0.398 e. The van der Waals surface area contributed by atoms with E-state index >= 15 is 0 Å². The maximum atomic E-state index is 11.4. The average Bonchev–Trinajstić information content (AvgIpc) is 2.68. The molecule has 1 unspecified atom stereocenters. The van der Waals surface area contributed by atoms with Crippen LogP contribution in [0.4, 0.5) is 5.69 Å². The zero-order chi connectivity index (χ0) is 13.3. The van der Waals surface area contributed by atoms with Gasteiger partial charge in [-0.25, -0.2) is 0 Å². The van der Waals surface area contributed by atoms with Crippen molar-refractivity contribution in [2.24, 2.45) is 11.1 Å². The van der Waals surface area contributed by atoms with Gasteiger partial charge in [0, 0.05) is 23.2 Å². The second-order valence-corrected chi connectivity index (χ2v) is 6.00. The quantitative estimate of drug-likeness (QED) is 0.835. The molecule has 0 radical (unpaired) electrons. The third-order valence-electron chi connectivity index (χ3n) is 3.65. The molecule has 5 heteroatoms. The smallest absolute Gasteiger partial charge is 0.224 e. The number of carbonyl (C=O) groups is 1. The molecule has 0 bridgehead atoms. The van der Waals surface area contributed by atoms with Crippen LogP contribution in [0.3, 0.4) is 0 Å². The van der Waals surface area contributed by atoms with E-state index in [2.05, 4.69) is 20.8 Å². The van der Waals surface area contributed by atoms with Crippen LogP contribution < -0.4 is 11.5 Å². The van der Waals surface area contributed by atoms with Crippen molar-refractivity contribution in [1.29, 1.82) is 0 Å². The summed E-state index contributed by atoms with van der Waals surface area (Å²) in [7, 11) is 0. The Morgan fingerprint density at radius 1 is 1.56 bits per heavy atom. The van der Waals surface area contributed by atoms with Crippen LogP contribution >= 0.6 is 15.9 Å². The molecule has 1 aliphatic rings. The summed E-state index contributed by atoms with van der Waals surface area (Å²) in [5, 5.41) is 0. The van der Waals surface area contributed by atoms with Crippen LogP contribution in [0.1, 0.15) is 18.9 Å². The lowest BCUT2D eigenvalue weighted by molar-refractivity contribution is -0.126. The number of primary amides is 1. The lowest BCUT2D eigenvalue weighted by Crippen LogP contribution is -2.36. The van der Waals surface area contributed by atoms with Crippen LogP contribution in [0.25, 0.3) is 0 Å². The SMILES string of the molecule is CC1(C(N)=O)CCN(Cc2cccc(N)c2Br)C1. The number of nitrogens with zero attached hydrogens (tertiary/aromatic N) is 1. The van der Waals surface area contributed by atoms with Gasteiger partial charge in [-0.3, -0.25) is 9.69 Å². The summed E-state index contributed by atoms with van der Waals surface area (Å²) in [4.78, 5) is 13.6. The number of amides is 1. The van der Waals surface area contributed by atoms with Gasteiger partial charge in [0.1, 0.15) is 0 Å². The molecular formula is C13H18BrN3O. The minimum absolute atomic E-state index is 0.211. The number of hydrogen-bond acceptors (Lipinski definition) is 3. The van der Waals surface area contributed by atoms with Crippen LogP contribution in [0.5, 0.6) is 0 Å². The molecule has 0 aliphatic carbocycles. The van der Waals surface area contributed by atoms with Crippen molar-refractivity contribution in [3.8, 4) is 0 Å². The Morgan fingerprint density at radius 2 is 2.28 bits per heavy atom. The molecule has 98 valence electrons. The number of nitrogen functional groups attached to an aromatic ring is 1. The Hall–Kier alpha value is -1.07. The number of nitrogens with two attached hydrogens (primary N) is 2. The van der Waals surface area contributed by atoms with Crippen molar-refractivity contribution in [1.82, 2.24) is 4.90 Å². The van der Waals surface area contributed by atoms with E-state index in [4.69, 9.17) is 11.5 Å². The van der Waals surface area contributed by atoms with Crippen molar-refractivity contribution in [3.05, 3.63) is 28.2 Å². The zero-order valence-electron chi connectivity index (χ0n) is 10.4. The third-order valence-corrected chi connectivity index (χ3v) is 4.62. The van der Waals surface area contributed by atoms with Gasteiger partial charge < -0.3 is 11.5 Å². The lowest BCUT2D eigenvalue weighted by Gasteiger charge is -2.21. The first-order chi connectivity index (χ1) is 8.42. The molecule has 1 fully saturated rings. The van der Waals surface area contributed by atoms with Gasteiger partial charge in [0.2, 0.25) is 5.91 Å². The van der Waals surface area contributed by atoms with Gasteiger partial charge >= 0.3 is 0 Å². The van der Waals surface area contributed by atoms with E-state index in [1.165, 1.54) is 0 Å². The van der Waals surface area contributed by atoms with E-state index in [1.54, 1.807) is 0 Å². The topological polar surface area (TPSA) is 72.4 Å². The van der Waals surface area contributed by atoms with Crippen molar-refractivity contribution in [2.45, 2.75) is 19.9 Å². The summed E-state index contributed by atoms with van der Waals surface area (Å²) >= 11 is 3.50. The number of carbonyl (C=O) groups excluding carboxylic acids is 1. The molecule has 1 heterocycles. The summed E-state index contributed by atoms with van der Waals surface area (Å²) in [5.41, 5.74) is 12.8. The number of benzene rings is 1. The molecule has 1 atom stereocenters. The Kier molecular flexibility index (Phi) is 3.64. The highest BCUT2D eigenvalue weighted by atomic mass is 79.9. The maximum absolute atomic E-state index is 11.4. The lowest BCUT2D eigenvalue weighted by atomic mass is 9.89. The summed E-state index contributed by atoms with van der Waals surface area (Å²) in [5.74, 6) is -0.211. The maximum Gasteiger partial charge on any atom is 0.224 e. The molecule has 1 aromatic carbocycles. The summed E-state index contributed by atoms with van der Waals surface area (Å²) in [6, 6.07) is 5.85. The van der Waals surface area contributed by atoms with Crippen LogP contribution in [0.15, 0.2) is 22.7 Å². The van der Waals surface area contributed by atoms with E-state index in [0.717, 1.165) is 35.2 Å². The van der Waals surface area contributed by atoms with E-state index in [-0.39, 0.29) is 5.91 Å². The highest BCUT2D eigenvalue weighted by Crippen LogP contribution is 2.32. The minimum atomic E-state index is -0.396. The predicted octanol–water partition coefficient (Wildman–Crippen LogP) is 1.73. The monoisotopic (exact) mass is 311 g/mol. The molecule has 0 aromatic heterocycles. The van der Waals surface area contributed by atoms with Gasteiger partial charge in [0.05, 0.1) is 5.41 Å². The second kappa shape index (κ2) is 4.90. The van der Waals surface area contributed by atoms with Crippen molar-refractivity contribution in [2.75, 3.05) is 18.8 Å². The molecule has 2 rings (SSSR count). The van der Waals surface area contributed by atoms with Gasteiger partial charge in [0.25, 0.3) is 0 Å². The minimum Gasteiger partial charge on any atom is -0.398 e. The Bertz CT molecular complexity index is 477. The first kappa shape index (κ1) is 13.4. The molecule has 1 aromatic rings. The van der Waals surface area contributed by atoms with E-state index in [1.807, 2.05) is 25.1 Å². The number of likely N-dealkylation sites (tertiary alicyclic amines) is 1. The fraction of sp³-hybridized carbons (Fsp3) is 0.462. The Morgan fingerprint density at radius 3 is 2.89 bits per heavy atom. The van der Waals surface area contributed by atoms with Crippen LogP contribution in [0.2, 0.25) is 0 Å². The fourth-order valence-corrected chi connectivity index (χ4v) is 2.74. The van der Waals surface area contributed by atoms with Crippen molar-refractivity contribution < 1.29 is 4.79 Å². The summed E-state index contributed by atoms with van der Waals surface area (Å²) < 4.78 is 0.942. The van der Waals surface area contributed by atoms with Crippen molar-refractivity contribution >= 4 is 27.5 Å². The van der Waals surface area contributed by atoms with Gasteiger partial charge in [-0.05, 0) is 47.4 Å². The first-order valence-corrected chi connectivity index (χ1v) is 6.77. The number of hydrogen-bond donors (Lipinski definition) is 2. The molecule has 18 heavy (non-hydrogen) atoms.